The lowest BCUT2D eigenvalue weighted by atomic mass is 9.96. The van der Waals surface area contributed by atoms with Crippen LogP contribution in [0.1, 0.15) is 34.8 Å². The minimum Gasteiger partial charge on any atom is -0.383 e. The van der Waals surface area contributed by atoms with Gasteiger partial charge in [0.1, 0.15) is 28.5 Å². The molecule has 0 saturated heterocycles. The number of nitriles is 2. The minimum atomic E-state index is -0.0413. The first-order valence-corrected chi connectivity index (χ1v) is 12.9. The Kier molecular flexibility index (Phi) is 6.64. The lowest BCUT2D eigenvalue weighted by Crippen LogP contribution is -2.11. The topological polar surface area (TPSA) is 108 Å². The lowest BCUT2D eigenvalue weighted by Gasteiger charge is -2.13. The van der Waals surface area contributed by atoms with Crippen molar-refractivity contribution >= 4 is 45.3 Å². The number of para-hydroxylation sites is 2. The van der Waals surface area contributed by atoms with Crippen LogP contribution in [-0.4, -0.2) is 21.2 Å². The molecule has 0 spiro atoms. The first kappa shape index (κ1) is 24.1. The number of carbonyl (C=O) groups excluding carboxylic acids is 1. The number of nitrogen functional groups attached to an aromatic ring is 1. The number of hydrogen-bond donors (Lipinski definition) is 1. The predicted molar refractivity (Wildman–Crippen MR) is 148 cm³/mol. The summed E-state index contributed by atoms with van der Waals surface area (Å²) in [6, 6.07) is 27.8. The molecule has 0 atom stereocenters. The zero-order chi connectivity index (χ0) is 25.9. The summed E-state index contributed by atoms with van der Waals surface area (Å²) in [5.41, 5.74) is 10.8. The van der Waals surface area contributed by atoms with E-state index < -0.39 is 0 Å². The highest BCUT2D eigenvalue weighted by Gasteiger charge is 2.21. The number of nitrogens with zero attached hydrogens (tertiary/aromatic N) is 4. The van der Waals surface area contributed by atoms with Crippen LogP contribution in [0.3, 0.4) is 0 Å². The molecule has 0 unspecified atom stereocenters. The highest BCUT2D eigenvalue weighted by Crippen LogP contribution is 2.36. The van der Waals surface area contributed by atoms with Crippen LogP contribution in [0.25, 0.3) is 32.9 Å². The number of fused-ring (bicyclic) bond motifs is 3. The van der Waals surface area contributed by atoms with Crippen LogP contribution in [-0.2, 0) is 6.42 Å². The number of carbonyl (C=O) groups is 1. The lowest BCUT2D eigenvalue weighted by molar-refractivity contribution is 0.0920. The zero-order valence-electron chi connectivity index (χ0n) is 20.2. The second kappa shape index (κ2) is 10.2. The Morgan fingerprint density at radius 1 is 0.919 bits per heavy atom. The van der Waals surface area contributed by atoms with Crippen LogP contribution in [0.15, 0.2) is 77.8 Å². The molecule has 0 saturated carbocycles. The van der Waals surface area contributed by atoms with Gasteiger partial charge < -0.3 is 5.73 Å². The molecule has 2 heterocycles. The maximum atomic E-state index is 13.4. The summed E-state index contributed by atoms with van der Waals surface area (Å²) in [6.07, 6.45) is 1.12. The van der Waals surface area contributed by atoms with E-state index in [1.165, 1.54) is 11.8 Å². The van der Waals surface area contributed by atoms with Gasteiger partial charge in [0.05, 0.1) is 16.6 Å². The summed E-state index contributed by atoms with van der Waals surface area (Å²) in [5, 5.41) is 22.3. The largest absolute Gasteiger partial charge is 0.383 e. The van der Waals surface area contributed by atoms with Crippen molar-refractivity contribution in [1.82, 2.24) is 9.55 Å². The molecule has 180 valence electrons. The second-order valence-electron chi connectivity index (χ2n) is 8.56. The number of nitrogens with two attached hydrogens (primary N) is 1. The van der Waals surface area contributed by atoms with Crippen molar-refractivity contribution in [3.63, 3.8) is 0 Å². The van der Waals surface area contributed by atoms with Gasteiger partial charge in [-0.05, 0) is 29.7 Å². The van der Waals surface area contributed by atoms with Gasteiger partial charge in [0.15, 0.2) is 0 Å². The number of thioether (sulfide) groups is 1. The third-order valence-electron chi connectivity index (χ3n) is 6.45. The van der Waals surface area contributed by atoms with Gasteiger partial charge in [-0.15, -0.1) is 11.8 Å². The number of anilines is 1. The number of pyridine rings is 1. The van der Waals surface area contributed by atoms with Crippen LogP contribution in [0.2, 0.25) is 0 Å². The molecule has 2 aromatic heterocycles. The molecule has 3 aromatic carbocycles. The van der Waals surface area contributed by atoms with E-state index in [9.17, 15) is 15.3 Å². The van der Waals surface area contributed by atoms with Crippen LogP contribution >= 0.6 is 11.8 Å². The van der Waals surface area contributed by atoms with Crippen LogP contribution in [0.4, 0.5) is 5.82 Å². The van der Waals surface area contributed by atoms with Gasteiger partial charge >= 0.3 is 0 Å². The molecule has 0 aliphatic rings. The molecule has 6 nitrogen and oxygen atoms in total. The summed E-state index contributed by atoms with van der Waals surface area (Å²) < 4.78 is 1.76. The minimum absolute atomic E-state index is 0.0413. The molecule has 0 fully saturated rings. The molecule has 5 aromatic rings. The molecule has 5 rings (SSSR count). The Morgan fingerprint density at radius 2 is 1.51 bits per heavy atom. The van der Waals surface area contributed by atoms with E-state index in [-0.39, 0.29) is 23.7 Å². The number of aromatic nitrogens is 2. The third-order valence-corrected chi connectivity index (χ3v) is 7.43. The molecule has 0 aliphatic carbocycles. The number of rotatable bonds is 6. The highest BCUT2D eigenvalue weighted by molar-refractivity contribution is 7.99. The molecule has 0 bridgehead atoms. The standard InChI is InChI=1S/C30H23N5OS/c1-2-19-11-13-20(14-12-19)28-23(17-31)29(33)34-30(24(28)18-32)37-16-15-27(36)35-25-9-5-3-7-21(25)22-8-4-6-10-26(22)35/h3-14H,2,15-16H2,1H3,(H2,33,34). The van der Waals surface area contributed by atoms with Crippen molar-refractivity contribution in [2.45, 2.75) is 24.8 Å². The summed E-state index contributed by atoms with van der Waals surface area (Å²) in [5.74, 6) is 0.439. The van der Waals surface area contributed by atoms with E-state index in [1.807, 2.05) is 72.8 Å². The molecule has 37 heavy (non-hydrogen) atoms. The van der Waals surface area contributed by atoms with Crippen molar-refractivity contribution in [3.8, 4) is 23.3 Å². The van der Waals surface area contributed by atoms with Crippen molar-refractivity contribution in [2.75, 3.05) is 11.5 Å². The average molecular weight is 502 g/mol. The normalized spacial score (nSPS) is 10.9. The number of aryl methyl sites for hydroxylation is 1. The van der Waals surface area contributed by atoms with Gasteiger partial charge in [-0.2, -0.15) is 10.5 Å². The smallest absolute Gasteiger partial charge is 0.232 e. The van der Waals surface area contributed by atoms with Gasteiger partial charge in [0.25, 0.3) is 0 Å². The fourth-order valence-electron chi connectivity index (χ4n) is 4.64. The first-order valence-electron chi connectivity index (χ1n) is 11.9. The first-order chi connectivity index (χ1) is 18.1. The van der Waals surface area contributed by atoms with E-state index in [2.05, 4.69) is 24.0 Å². The van der Waals surface area contributed by atoms with E-state index >= 15 is 0 Å². The van der Waals surface area contributed by atoms with Crippen molar-refractivity contribution in [2.24, 2.45) is 0 Å². The van der Waals surface area contributed by atoms with Crippen molar-refractivity contribution in [1.29, 1.82) is 10.5 Å². The Balaban J connectivity index is 1.46. The number of hydrogen-bond acceptors (Lipinski definition) is 6. The van der Waals surface area contributed by atoms with Gasteiger partial charge in [0, 0.05) is 28.5 Å². The van der Waals surface area contributed by atoms with Crippen LogP contribution < -0.4 is 5.73 Å². The summed E-state index contributed by atoms with van der Waals surface area (Å²) in [6.45, 7) is 2.07. The Morgan fingerprint density at radius 3 is 2.08 bits per heavy atom. The average Bonchev–Trinajstić information content (AvgIpc) is 3.27. The fraction of sp³-hybridized carbons (Fsp3) is 0.133. The van der Waals surface area contributed by atoms with Crippen LogP contribution in [0, 0.1) is 22.7 Å². The zero-order valence-corrected chi connectivity index (χ0v) is 21.0. The Hall–Kier alpha value is -4.59. The third kappa shape index (κ3) is 4.31. The van der Waals surface area contributed by atoms with E-state index in [4.69, 9.17) is 5.73 Å². The van der Waals surface area contributed by atoms with Crippen molar-refractivity contribution < 1.29 is 4.79 Å². The monoisotopic (exact) mass is 501 g/mol. The van der Waals surface area contributed by atoms with Gasteiger partial charge in [-0.3, -0.25) is 9.36 Å². The highest BCUT2D eigenvalue weighted by atomic mass is 32.2. The van der Waals surface area contributed by atoms with Gasteiger partial charge in [-0.1, -0.05) is 67.6 Å². The van der Waals surface area contributed by atoms with E-state index in [0.717, 1.165) is 39.4 Å². The summed E-state index contributed by atoms with van der Waals surface area (Å²) >= 11 is 1.30. The molecule has 7 heteroatoms. The van der Waals surface area contributed by atoms with E-state index in [1.54, 1.807) is 4.57 Å². The molecule has 2 N–H and O–H groups in total. The predicted octanol–water partition coefficient (Wildman–Crippen LogP) is 6.57. The van der Waals surface area contributed by atoms with Gasteiger partial charge in [0.2, 0.25) is 5.91 Å². The Bertz CT molecular complexity index is 1690. The molecule has 0 amide bonds. The molecular weight excluding hydrogens is 478 g/mol. The summed E-state index contributed by atoms with van der Waals surface area (Å²) in [4.78, 5) is 17.8. The quantitative estimate of drug-likeness (QED) is 0.264. The second-order valence-corrected chi connectivity index (χ2v) is 9.65. The fourth-order valence-corrected chi connectivity index (χ4v) is 5.56. The maximum Gasteiger partial charge on any atom is 0.232 e. The molecule has 0 aliphatic heterocycles. The molecule has 0 radical (unpaired) electrons. The van der Waals surface area contributed by atoms with Crippen molar-refractivity contribution in [3.05, 3.63) is 89.5 Å². The molecular formula is C30H23N5OS. The number of benzene rings is 3. The van der Waals surface area contributed by atoms with Gasteiger partial charge in [-0.25, -0.2) is 4.98 Å². The Labute approximate surface area is 219 Å². The summed E-state index contributed by atoms with van der Waals surface area (Å²) in [7, 11) is 0. The maximum absolute atomic E-state index is 13.4. The van der Waals surface area contributed by atoms with Crippen LogP contribution in [0.5, 0.6) is 0 Å². The SMILES string of the molecule is CCc1ccc(-c2c(C#N)c(N)nc(SCCC(=O)n3c4ccccc4c4ccccc43)c2C#N)cc1. The van der Waals surface area contributed by atoms with E-state index in [0.29, 0.717) is 21.9 Å².